The van der Waals surface area contributed by atoms with Gasteiger partial charge in [-0.1, -0.05) is 30.3 Å². The van der Waals surface area contributed by atoms with Crippen LogP contribution in [0.5, 0.6) is 5.75 Å². The van der Waals surface area contributed by atoms with Gasteiger partial charge in [-0.15, -0.1) is 11.3 Å². The predicted octanol–water partition coefficient (Wildman–Crippen LogP) is 3.04. The summed E-state index contributed by atoms with van der Waals surface area (Å²) >= 11 is 1.48. The zero-order valence-electron chi connectivity index (χ0n) is 13.3. The number of ether oxygens (including phenoxy) is 1. The van der Waals surface area contributed by atoms with E-state index in [0.29, 0.717) is 11.4 Å². The highest BCUT2D eigenvalue weighted by Crippen LogP contribution is 2.26. The summed E-state index contributed by atoms with van der Waals surface area (Å²) in [5.74, 6) is 0.733. The Labute approximate surface area is 146 Å². The number of aromatic nitrogens is 3. The van der Waals surface area contributed by atoms with Gasteiger partial charge < -0.3 is 4.74 Å². The van der Waals surface area contributed by atoms with E-state index in [1.807, 2.05) is 60.0 Å². The number of nitrogens with zero attached hydrogens (tertiary/aromatic N) is 2. The molecule has 0 saturated heterocycles. The Kier molecular flexibility index (Phi) is 3.91. The van der Waals surface area contributed by atoms with Gasteiger partial charge in [-0.05, 0) is 22.1 Å². The van der Waals surface area contributed by atoms with Crippen LogP contribution >= 0.6 is 11.3 Å². The first-order valence-electron chi connectivity index (χ1n) is 7.55. The topological polar surface area (TPSA) is 72.0 Å². The molecule has 0 aliphatic rings. The summed E-state index contributed by atoms with van der Waals surface area (Å²) in [5.41, 5.74) is 2.20. The fourth-order valence-corrected chi connectivity index (χ4v) is 3.31. The van der Waals surface area contributed by atoms with Gasteiger partial charge in [0.05, 0.1) is 7.11 Å². The lowest BCUT2D eigenvalue weighted by molar-refractivity contribution is -0.660. The van der Waals surface area contributed by atoms with E-state index in [4.69, 9.17) is 9.26 Å². The second-order valence-electron chi connectivity index (χ2n) is 5.27. The molecular formula is C18H14N3O3S+. The van der Waals surface area contributed by atoms with Crippen LogP contribution in [-0.2, 0) is 0 Å². The van der Waals surface area contributed by atoms with Crippen LogP contribution in [0.1, 0.15) is 0 Å². The number of hydrogen-bond acceptors (Lipinski definition) is 5. The Bertz CT molecular complexity index is 1050. The monoisotopic (exact) mass is 352 g/mol. The number of benzene rings is 2. The van der Waals surface area contributed by atoms with Gasteiger partial charge in [0.15, 0.2) is 5.69 Å². The lowest BCUT2D eigenvalue weighted by Crippen LogP contribution is -2.36. The molecule has 6 nitrogen and oxygen atoms in total. The molecule has 0 atom stereocenters. The predicted molar refractivity (Wildman–Crippen MR) is 94.0 cm³/mol. The summed E-state index contributed by atoms with van der Waals surface area (Å²) in [5, 5.41) is 5.32. The number of thiazole rings is 1. The van der Waals surface area contributed by atoms with E-state index < -0.39 is 5.63 Å². The van der Waals surface area contributed by atoms with E-state index in [0.717, 1.165) is 22.0 Å². The SMILES string of the molecule is COc1ccc(-[n+]2[nH]oc(=O)c2-c2csc(-c3ccccc3)n2)cc1. The van der Waals surface area contributed by atoms with Gasteiger partial charge in [0.25, 0.3) is 0 Å². The zero-order valence-corrected chi connectivity index (χ0v) is 14.1. The molecule has 2 aromatic heterocycles. The minimum atomic E-state index is -0.472. The maximum absolute atomic E-state index is 12.2. The van der Waals surface area contributed by atoms with E-state index in [-0.39, 0.29) is 0 Å². The third kappa shape index (κ3) is 2.85. The van der Waals surface area contributed by atoms with Crippen molar-refractivity contribution in [3.63, 3.8) is 0 Å². The van der Waals surface area contributed by atoms with Crippen molar-refractivity contribution in [2.24, 2.45) is 0 Å². The van der Waals surface area contributed by atoms with Gasteiger partial charge in [0.1, 0.15) is 10.8 Å². The summed E-state index contributed by atoms with van der Waals surface area (Å²) in [4.78, 5) is 16.8. The molecule has 2 aromatic carbocycles. The quantitative estimate of drug-likeness (QED) is 0.573. The van der Waals surface area contributed by atoms with Gasteiger partial charge in [0.2, 0.25) is 5.69 Å². The molecule has 0 saturated carbocycles. The Morgan fingerprint density at radius 1 is 1.12 bits per heavy atom. The van der Waals surface area contributed by atoms with Crippen LogP contribution in [0.4, 0.5) is 0 Å². The number of methoxy groups -OCH3 is 1. The number of rotatable bonds is 4. The number of aromatic amines is 1. The average molecular weight is 352 g/mol. The van der Waals surface area contributed by atoms with Gasteiger partial charge in [-0.2, -0.15) is 0 Å². The molecule has 2 heterocycles. The summed E-state index contributed by atoms with van der Waals surface area (Å²) in [7, 11) is 1.60. The Balaban J connectivity index is 1.78. The van der Waals surface area contributed by atoms with Gasteiger partial charge in [0, 0.05) is 23.1 Å². The smallest absolute Gasteiger partial charge is 0.437 e. The normalized spacial score (nSPS) is 10.8. The molecular weight excluding hydrogens is 338 g/mol. The van der Waals surface area contributed by atoms with Crippen molar-refractivity contribution in [3.8, 4) is 33.4 Å². The second kappa shape index (κ2) is 6.37. The third-order valence-electron chi connectivity index (χ3n) is 3.74. The fourth-order valence-electron chi connectivity index (χ4n) is 2.50. The van der Waals surface area contributed by atoms with E-state index in [1.165, 1.54) is 11.3 Å². The van der Waals surface area contributed by atoms with Crippen molar-refractivity contribution < 1.29 is 13.9 Å². The fraction of sp³-hybridized carbons (Fsp3) is 0.0556. The van der Waals surface area contributed by atoms with Crippen molar-refractivity contribution in [2.75, 3.05) is 7.11 Å². The molecule has 0 bridgehead atoms. The largest absolute Gasteiger partial charge is 0.497 e. The van der Waals surface area contributed by atoms with E-state index in [1.54, 1.807) is 11.8 Å². The van der Waals surface area contributed by atoms with Crippen LogP contribution < -0.4 is 15.0 Å². The molecule has 0 unspecified atom stereocenters. The maximum atomic E-state index is 12.2. The van der Waals surface area contributed by atoms with Crippen molar-refractivity contribution in [1.82, 2.24) is 10.3 Å². The highest BCUT2D eigenvalue weighted by atomic mass is 32.1. The number of hydrogen-bond donors (Lipinski definition) is 1. The second-order valence-corrected chi connectivity index (χ2v) is 6.12. The van der Waals surface area contributed by atoms with Gasteiger partial charge in [-0.25, -0.2) is 9.78 Å². The van der Waals surface area contributed by atoms with Crippen molar-refractivity contribution in [3.05, 3.63) is 70.4 Å². The van der Waals surface area contributed by atoms with Crippen molar-refractivity contribution in [2.45, 2.75) is 0 Å². The van der Waals surface area contributed by atoms with Crippen LogP contribution in [0.2, 0.25) is 0 Å². The minimum Gasteiger partial charge on any atom is -0.497 e. The molecule has 7 heteroatoms. The first kappa shape index (κ1) is 15.3. The highest BCUT2D eigenvalue weighted by Gasteiger charge is 2.27. The molecule has 0 amide bonds. The molecule has 0 aliphatic heterocycles. The minimum absolute atomic E-state index is 0.351. The van der Waals surface area contributed by atoms with E-state index in [2.05, 4.69) is 10.3 Å². The van der Waals surface area contributed by atoms with Crippen LogP contribution in [0, 0.1) is 0 Å². The molecule has 0 spiro atoms. The first-order valence-corrected chi connectivity index (χ1v) is 8.43. The van der Waals surface area contributed by atoms with E-state index >= 15 is 0 Å². The third-order valence-corrected chi connectivity index (χ3v) is 4.64. The molecule has 4 aromatic rings. The lowest BCUT2D eigenvalue weighted by Gasteiger charge is -1.97. The average Bonchev–Trinajstić information content (AvgIpc) is 3.29. The molecule has 0 aliphatic carbocycles. The van der Waals surface area contributed by atoms with Crippen LogP contribution in [0.25, 0.3) is 27.6 Å². The molecule has 124 valence electrons. The summed E-state index contributed by atoms with van der Waals surface area (Å²) in [6.45, 7) is 0. The maximum Gasteiger partial charge on any atom is 0.437 e. The Hall–Kier alpha value is -3.19. The standard InChI is InChI=1S/C18H13N3O3S/c1-23-14-9-7-13(8-10-14)21-16(18(22)24-20-21)15-11-25-17(19-15)12-5-3-2-4-6-12/h2-11H,1H3/p+1. The molecule has 1 N–H and O–H groups in total. The number of nitrogens with one attached hydrogen (secondary N) is 1. The van der Waals surface area contributed by atoms with Gasteiger partial charge >= 0.3 is 11.3 Å². The molecule has 0 fully saturated rings. The lowest BCUT2D eigenvalue weighted by atomic mass is 10.2. The Morgan fingerprint density at radius 3 is 2.60 bits per heavy atom. The van der Waals surface area contributed by atoms with Crippen molar-refractivity contribution >= 4 is 11.3 Å². The van der Waals surface area contributed by atoms with E-state index in [9.17, 15) is 4.79 Å². The highest BCUT2D eigenvalue weighted by molar-refractivity contribution is 7.13. The Morgan fingerprint density at radius 2 is 1.88 bits per heavy atom. The van der Waals surface area contributed by atoms with Gasteiger partial charge in [-0.3, -0.25) is 4.52 Å². The number of H-pyrrole nitrogens is 1. The van der Waals surface area contributed by atoms with Crippen LogP contribution in [-0.4, -0.2) is 17.4 Å². The van der Waals surface area contributed by atoms with Crippen molar-refractivity contribution in [1.29, 1.82) is 0 Å². The van der Waals surface area contributed by atoms with Crippen LogP contribution in [0.15, 0.2) is 69.3 Å². The first-order chi connectivity index (χ1) is 12.3. The molecule has 0 radical (unpaired) electrons. The summed E-state index contributed by atoms with van der Waals surface area (Å²) in [6, 6.07) is 17.1. The summed E-state index contributed by atoms with van der Waals surface area (Å²) in [6.07, 6.45) is 0. The zero-order chi connectivity index (χ0) is 17.2. The van der Waals surface area contributed by atoms with Crippen LogP contribution in [0.3, 0.4) is 0 Å². The summed E-state index contributed by atoms with van der Waals surface area (Å²) < 4.78 is 11.7. The molecule has 25 heavy (non-hydrogen) atoms. The molecule has 4 rings (SSSR count).